The number of rotatable bonds is 0. The maximum atomic E-state index is 8.56. The summed E-state index contributed by atoms with van der Waals surface area (Å²) in [6.45, 7) is 0. The average molecular weight is 243 g/mol. The fourth-order valence-electron chi connectivity index (χ4n) is 0. The van der Waals surface area contributed by atoms with Crippen molar-refractivity contribution in [2.24, 2.45) is 0 Å². The molecule has 42 valence electrons. The van der Waals surface area contributed by atoms with E-state index in [0.29, 0.717) is 0 Å². The van der Waals surface area contributed by atoms with E-state index in [-0.39, 0.29) is 49.3 Å². The molecule has 8 heavy (non-hydrogen) atoms. The zero-order valence-corrected chi connectivity index (χ0v) is 7.23. The van der Waals surface area contributed by atoms with Gasteiger partial charge >= 0.3 is 52.9 Å². The van der Waals surface area contributed by atoms with Gasteiger partial charge in [-0.2, -0.15) is 0 Å². The van der Waals surface area contributed by atoms with E-state index in [9.17, 15) is 0 Å². The molecule has 0 rings (SSSR count). The molecular formula is CH4MgO4TiZr. The van der Waals surface area contributed by atoms with E-state index < -0.39 is 6.16 Å². The molecule has 4 nitrogen and oxygen atoms in total. The summed E-state index contributed by atoms with van der Waals surface area (Å²) in [6.07, 6.45) is -1.83. The van der Waals surface area contributed by atoms with Gasteiger partial charge in [-0.1, -0.05) is 0 Å². The van der Waals surface area contributed by atoms with Gasteiger partial charge in [0.05, 0.1) is 0 Å². The second-order valence-electron chi connectivity index (χ2n) is 0.283. The predicted molar refractivity (Wildman–Crippen MR) is 19.9 cm³/mol. The first-order chi connectivity index (χ1) is 2.73. The van der Waals surface area contributed by atoms with Crippen molar-refractivity contribution in [2.45, 2.75) is 0 Å². The maximum absolute atomic E-state index is 8.56. The molecule has 0 saturated heterocycles. The van der Waals surface area contributed by atoms with Crippen molar-refractivity contribution < 1.29 is 64.9 Å². The molecule has 0 radical (unpaired) electrons. The molecule has 0 aromatic carbocycles. The number of carbonyl (C=O) groups is 1. The molecule has 0 fully saturated rings. The van der Waals surface area contributed by atoms with Crippen LogP contribution >= 0.6 is 0 Å². The van der Waals surface area contributed by atoms with Crippen LogP contribution in [0.4, 0.5) is 4.79 Å². The van der Waals surface area contributed by atoms with Gasteiger partial charge in [0.1, 0.15) is 0 Å². The van der Waals surface area contributed by atoms with Crippen LogP contribution in [0.15, 0.2) is 0 Å². The van der Waals surface area contributed by atoms with Crippen molar-refractivity contribution in [1.82, 2.24) is 0 Å². The van der Waals surface area contributed by atoms with Gasteiger partial charge in [-0.3, -0.25) is 0 Å². The zero-order valence-electron chi connectivity index (χ0n) is 3.21. The van der Waals surface area contributed by atoms with E-state index in [2.05, 4.69) is 0 Å². The van der Waals surface area contributed by atoms with Gasteiger partial charge in [-0.15, -0.1) is 0 Å². The third-order valence-electron chi connectivity index (χ3n) is 0. The Morgan fingerprint density at radius 3 is 1.25 bits per heavy atom. The standard InChI is InChI=1S/CH2O3.Mg.O.Ti.Zr.2H/c2-1(3)4;;;;;;/h(H2,2,3,4);;;;;;. The predicted octanol–water partition coefficient (Wildman–Crippen LogP) is -0.818. The van der Waals surface area contributed by atoms with Gasteiger partial charge in [-0.25, -0.2) is 4.79 Å². The fourth-order valence-corrected chi connectivity index (χ4v) is 0. The molecule has 0 unspecified atom stereocenters. The van der Waals surface area contributed by atoms with Crippen LogP contribution in [0.25, 0.3) is 0 Å². The van der Waals surface area contributed by atoms with Crippen molar-refractivity contribution in [1.29, 1.82) is 0 Å². The van der Waals surface area contributed by atoms with E-state index in [1.165, 1.54) is 0 Å². The molecule has 0 aliphatic rings. The Morgan fingerprint density at radius 1 is 1.25 bits per heavy atom. The molecule has 0 spiro atoms. The first kappa shape index (κ1) is 22.7. The minimum Gasteiger partial charge on any atom is 0 e. The minimum absolute atomic E-state index is 0. The number of hydrogen-bond acceptors (Lipinski definition) is 2. The van der Waals surface area contributed by atoms with E-state index >= 15 is 0 Å². The largest absolute Gasteiger partial charge is 0 e. The van der Waals surface area contributed by atoms with Gasteiger partial charge in [-0.05, 0) is 0 Å². The molecule has 0 amide bonds. The summed E-state index contributed by atoms with van der Waals surface area (Å²) in [4.78, 5) is 8.56. The molecule has 0 aromatic rings. The fraction of sp³-hybridized carbons (Fsp3) is 0. The molecule has 0 bridgehead atoms. The Morgan fingerprint density at radius 2 is 1.25 bits per heavy atom. The third-order valence-corrected chi connectivity index (χ3v) is 0. The summed E-state index contributed by atoms with van der Waals surface area (Å²) >= 11 is 0.750. The third kappa shape index (κ3) is 150. The van der Waals surface area contributed by atoms with Gasteiger partial charge in [0.25, 0.3) is 0 Å². The van der Waals surface area contributed by atoms with Gasteiger partial charge in [0, 0.05) is 26.2 Å². The molecule has 0 aliphatic heterocycles. The SMILES string of the molecule is O=C(O)O.[MgH2].[O]=[Ti].[Zr]. The van der Waals surface area contributed by atoms with Crippen LogP contribution in [0.5, 0.6) is 0 Å². The molecule has 0 heterocycles. The van der Waals surface area contributed by atoms with Gasteiger partial charge < -0.3 is 10.2 Å². The first-order valence-corrected chi connectivity index (χ1v) is 1.49. The molecule has 0 aliphatic carbocycles. The van der Waals surface area contributed by atoms with Crippen LogP contribution < -0.4 is 0 Å². The van der Waals surface area contributed by atoms with E-state index in [4.69, 9.17) is 18.3 Å². The van der Waals surface area contributed by atoms with Gasteiger partial charge in [0.15, 0.2) is 0 Å². The topological polar surface area (TPSA) is 74.6 Å². The molecule has 0 saturated carbocycles. The second-order valence-corrected chi connectivity index (χ2v) is 0.283. The maximum Gasteiger partial charge on any atom is 0 e. The summed E-state index contributed by atoms with van der Waals surface area (Å²) in [5.74, 6) is 0. The Hall–Kier alpha value is 1.43. The van der Waals surface area contributed by atoms with Crippen molar-refractivity contribution in [3.8, 4) is 0 Å². The summed E-state index contributed by atoms with van der Waals surface area (Å²) in [7, 11) is 0. The molecular weight excluding hydrogens is 239 g/mol. The van der Waals surface area contributed by atoms with Gasteiger partial charge in [0.2, 0.25) is 0 Å². The van der Waals surface area contributed by atoms with Crippen molar-refractivity contribution in [3.63, 3.8) is 0 Å². The summed E-state index contributed by atoms with van der Waals surface area (Å²) in [5.41, 5.74) is 0. The average Bonchev–Trinajstić information content (AvgIpc) is 1.41. The van der Waals surface area contributed by atoms with Crippen LogP contribution in [0.1, 0.15) is 0 Å². The Labute approximate surface area is 93.0 Å². The van der Waals surface area contributed by atoms with Crippen molar-refractivity contribution in [2.75, 3.05) is 0 Å². The Kier molecular flexibility index (Phi) is 67.3. The molecule has 7 heteroatoms. The molecule has 0 atom stereocenters. The second kappa shape index (κ2) is 23.7. The van der Waals surface area contributed by atoms with E-state index in [1.54, 1.807) is 0 Å². The minimum atomic E-state index is -1.83. The summed E-state index contributed by atoms with van der Waals surface area (Å²) < 4.78 is 8.25. The quantitative estimate of drug-likeness (QED) is 0.545. The van der Waals surface area contributed by atoms with Crippen LogP contribution in [0, 0.1) is 0 Å². The van der Waals surface area contributed by atoms with Crippen LogP contribution in [0.3, 0.4) is 0 Å². The Balaban J connectivity index is -0.0000000183. The van der Waals surface area contributed by atoms with Crippen LogP contribution in [0.2, 0.25) is 0 Å². The first-order valence-electron chi connectivity index (χ1n) is 0.855. The Bertz CT molecular complexity index is 47.3. The number of carboxylic acid groups (broad SMARTS) is 2. The smallest absolute Gasteiger partial charge is 0 e. The summed E-state index contributed by atoms with van der Waals surface area (Å²) in [6, 6.07) is 0. The number of hydrogen-bond donors (Lipinski definition) is 2. The van der Waals surface area contributed by atoms with Crippen molar-refractivity contribution >= 4 is 29.2 Å². The molecule has 0 aromatic heterocycles. The van der Waals surface area contributed by atoms with Crippen molar-refractivity contribution in [3.05, 3.63) is 0 Å². The monoisotopic (exact) mass is 242 g/mol. The van der Waals surface area contributed by atoms with E-state index in [1.807, 2.05) is 0 Å². The zero-order chi connectivity index (χ0) is 5.58. The normalized spacial score (nSPS) is 3.38. The summed E-state index contributed by atoms with van der Waals surface area (Å²) in [5, 5.41) is 13.9. The van der Waals surface area contributed by atoms with Crippen LogP contribution in [-0.2, 0) is 49.9 Å². The van der Waals surface area contributed by atoms with Crippen LogP contribution in [-0.4, -0.2) is 39.4 Å². The molecule has 2 N–H and O–H groups in total. The van der Waals surface area contributed by atoms with E-state index in [0.717, 1.165) is 20.4 Å².